The van der Waals surface area contributed by atoms with Gasteiger partial charge in [0.15, 0.2) is 0 Å². The first-order valence-corrected chi connectivity index (χ1v) is 2.81. The van der Waals surface area contributed by atoms with E-state index in [-0.39, 0.29) is 0 Å². The average Bonchev–Trinajstić information content (AvgIpc) is 2.41. The minimum atomic E-state index is 1.26. The summed E-state index contributed by atoms with van der Waals surface area (Å²) in [5.74, 6) is 0. The Morgan fingerprint density at radius 1 is 1.00 bits per heavy atom. The van der Waals surface area contributed by atoms with Crippen LogP contribution in [-0.2, 0) is 0 Å². The van der Waals surface area contributed by atoms with Gasteiger partial charge in [-0.05, 0) is 19.3 Å². The van der Waals surface area contributed by atoms with E-state index in [1.54, 1.807) is 11.1 Å². The molecule has 0 unspecified atom stereocenters. The van der Waals surface area contributed by atoms with Crippen molar-refractivity contribution >= 4 is 0 Å². The molecule has 0 aliphatic heterocycles. The largest absolute Gasteiger partial charge is 0.0841 e. The number of rotatable bonds is 0. The highest BCUT2D eigenvalue weighted by atomic mass is 14.2. The molecule has 0 aromatic carbocycles. The van der Waals surface area contributed by atoms with E-state index >= 15 is 0 Å². The van der Waals surface area contributed by atoms with Crippen LogP contribution in [0.25, 0.3) is 0 Å². The first-order chi connectivity index (χ1) is 3.47. The van der Waals surface area contributed by atoms with Crippen molar-refractivity contribution in [1.29, 1.82) is 0 Å². The minimum absolute atomic E-state index is 1.26. The molecule has 2 rings (SSSR count). The molecule has 0 aromatic heterocycles. The summed E-state index contributed by atoms with van der Waals surface area (Å²) < 4.78 is 0. The lowest BCUT2D eigenvalue weighted by Gasteiger charge is -1.86. The Morgan fingerprint density at radius 2 is 1.57 bits per heavy atom. The van der Waals surface area contributed by atoms with Gasteiger partial charge in [-0.2, -0.15) is 0 Å². The van der Waals surface area contributed by atoms with Crippen molar-refractivity contribution in [2.24, 2.45) is 0 Å². The van der Waals surface area contributed by atoms with Crippen LogP contribution in [0.1, 0.15) is 19.3 Å². The van der Waals surface area contributed by atoms with Gasteiger partial charge < -0.3 is 0 Å². The molecule has 0 heteroatoms. The van der Waals surface area contributed by atoms with Crippen LogP contribution in [0.2, 0.25) is 0 Å². The molecule has 0 saturated carbocycles. The molecule has 0 N–H and O–H groups in total. The topological polar surface area (TPSA) is 0 Å². The number of hydrogen-bond donors (Lipinski definition) is 0. The van der Waals surface area contributed by atoms with E-state index in [0.717, 1.165) is 0 Å². The summed E-state index contributed by atoms with van der Waals surface area (Å²) in [6, 6.07) is 0. The molecule has 2 aliphatic rings. The van der Waals surface area contributed by atoms with Crippen molar-refractivity contribution in [1.82, 2.24) is 0 Å². The Bertz CT molecular complexity index is 133. The van der Waals surface area contributed by atoms with Gasteiger partial charge in [-0.25, -0.2) is 0 Å². The van der Waals surface area contributed by atoms with E-state index in [9.17, 15) is 0 Å². The molecular weight excluding hydrogens is 84.1 g/mol. The van der Waals surface area contributed by atoms with E-state index in [1.165, 1.54) is 19.3 Å². The van der Waals surface area contributed by atoms with Crippen LogP contribution in [0, 0.1) is 0 Å². The van der Waals surface area contributed by atoms with Crippen LogP contribution >= 0.6 is 0 Å². The predicted octanol–water partition coefficient (Wildman–Crippen LogP) is 2.04. The van der Waals surface area contributed by atoms with Crippen LogP contribution < -0.4 is 0 Å². The van der Waals surface area contributed by atoms with Crippen LogP contribution in [-0.4, -0.2) is 0 Å². The maximum atomic E-state index is 2.27. The van der Waals surface area contributed by atoms with Crippen molar-refractivity contribution in [3.8, 4) is 0 Å². The van der Waals surface area contributed by atoms with E-state index < -0.39 is 0 Å². The highest BCUT2D eigenvalue weighted by Crippen LogP contribution is 2.39. The maximum Gasteiger partial charge on any atom is -0.00964 e. The van der Waals surface area contributed by atoms with E-state index in [4.69, 9.17) is 0 Å². The van der Waals surface area contributed by atoms with Gasteiger partial charge >= 0.3 is 0 Å². The van der Waals surface area contributed by atoms with Gasteiger partial charge in [-0.3, -0.25) is 0 Å². The zero-order valence-corrected chi connectivity index (χ0v) is 4.28. The second-order valence-electron chi connectivity index (χ2n) is 2.26. The molecule has 2 aliphatic carbocycles. The maximum absolute atomic E-state index is 2.27. The summed E-state index contributed by atoms with van der Waals surface area (Å²) in [6.45, 7) is 0. The molecule has 0 aromatic rings. The fraction of sp³-hybridized carbons (Fsp3) is 0.429. The Labute approximate surface area is 43.5 Å². The number of hydrogen-bond acceptors (Lipinski definition) is 0. The fourth-order valence-electron chi connectivity index (χ4n) is 1.10. The molecule has 0 saturated heterocycles. The van der Waals surface area contributed by atoms with Gasteiger partial charge in [0.25, 0.3) is 0 Å². The van der Waals surface area contributed by atoms with Crippen LogP contribution in [0.3, 0.4) is 0 Å². The summed E-state index contributed by atoms with van der Waals surface area (Å²) in [4.78, 5) is 0. The monoisotopic (exact) mass is 92.1 g/mol. The smallest absolute Gasteiger partial charge is 0.00964 e. The third kappa shape index (κ3) is 0.426. The zero-order chi connectivity index (χ0) is 4.69. The lowest BCUT2D eigenvalue weighted by atomic mass is 10.2. The normalized spacial score (nSPS) is 25.1. The van der Waals surface area contributed by atoms with E-state index in [2.05, 4.69) is 12.2 Å². The van der Waals surface area contributed by atoms with Crippen molar-refractivity contribution in [2.45, 2.75) is 19.3 Å². The Balaban J connectivity index is 2.22. The summed E-state index contributed by atoms with van der Waals surface area (Å²) in [5, 5.41) is 0. The Hall–Kier alpha value is -0.520. The van der Waals surface area contributed by atoms with Crippen molar-refractivity contribution in [3.05, 3.63) is 23.3 Å². The fourth-order valence-corrected chi connectivity index (χ4v) is 1.10. The van der Waals surface area contributed by atoms with E-state index in [0.29, 0.717) is 0 Å². The lowest BCUT2D eigenvalue weighted by Crippen LogP contribution is -1.66. The van der Waals surface area contributed by atoms with Crippen LogP contribution in [0.4, 0.5) is 0 Å². The van der Waals surface area contributed by atoms with Crippen molar-refractivity contribution in [3.63, 3.8) is 0 Å². The first kappa shape index (κ1) is 3.48. The molecule has 0 amide bonds. The highest BCUT2D eigenvalue weighted by molar-refractivity contribution is 5.40. The Morgan fingerprint density at radius 3 is 2.00 bits per heavy atom. The standard InChI is InChI=1S/C7H8/c1-2-4-7-5-6(7)3-1/h1-2H,3-5H2. The molecule has 0 spiro atoms. The highest BCUT2D eigenvalue weighted by Gasteiger charge is 2.19. The third-order valence-electron chi connectivity index (χ3n) is 1.70. The molecule has 0 atom stereocenters. The van der Waals surface area contributed by atoms with Gasteiger partial charge in [-0.1, -0.05) is 23.3 Å². The summed E-state index contributed by atoms with van der Waals surface area (Å²) >= 11 is 0. The second-order valence-corrected chi connectivity index (χ2v) is 2.26. The average molecular weight is 92.1 g/mol. The summed E-state index contributed by atoms with van der Waals surface area (Å²) in [6.07, 6.45) is 8.41. The second kappa shape index (κ2) is 1.00. The van der Waals surface area contributed by atoms with Crippen molar-refractivity contribution in [2.75, 3.05) is 0 Å². The minimum Gasteiger partial charge on any atom is -0.0841 e. The van der Waals surface area contributed by atoms with Crippen LogP contribution in [0.5, 0.6) is 0 Å². The molecule has 36 valence electrons. The summed E-state index contributed by atoms with van der Waals surface area (Å²) in [5.41, 5.74) is 3.42. The molecule has 7 heavy (non-hydrogen) atoms. The summed E-state index contributed by atoms with van der Waals surface area (Å²) in [7, 11) is 0. The predicted molar refractivity (Wildman–Crippen MR) is 30.0 cm³/mol. The zero-order valence-electron chi connectivity index (χ0n) is 4.28. The van der Waals surface area contributed by atoms with Gasteiger partial charge in [0.05, 0.1) is 0 Å². The number of allylic oxidation sites excluding steroid dienone is 4. The molecule has 0 radical (unpaired) electrons. The third-order valence-corrected chi connectivity index (χ3v) is 1.70. The van der Waals surface area contributed by atoms with Gasteiger partial charge in [0.2, 0.25) is 0 Å². The van der Waals surface area contributed by atoms with Gasteiger partial charge in [0, 0.05) is 0 Å². The lowest BCUT2D eigenvalue weighted by molar-refractivity contribution is 1.23. The quantitative estimate of drug-likeness (QED) is 0.401. The van der Waals surface area contributed by atoms with Gasteiger partial charge in [-0.15, -0.1) is 0 Å². The van der Waals surface area contributed by atoms with E-state index in [1.807, 2.05) is 0 Å². The molecular formula is C7H8. The molecule has 0 fully saturated rings. The SMILES string of the molecule is C1=CCC2=C(C1)C2. The molecule has 0 heterocycles. The molecule has 0 nitrogen and oxygen atoms in total. The Kier molecular flexibility index (Phi) is 0.498. The molecule has 0 bridgehead atoms. The van der Waals surface area contributed by atoms with Gasteiger partial charge in [0.1, 0.15) is 0 Å². The van der Waals surface area contributed by atoms with Crippen molar-refractivity contribution < 1.29 is 0 Å². The van der Waals surface area contributed by atoms with Crippen LogP contribution in [0.15, 0.2) is 23.3 Å². The first-order valence-electron chi connectivity index (χ1n) is 2.81.